The second-order valence-corrected chi connectivity index (χ2v) is 8.04. The van der Waals surface area contributed by atoms with Gasteiger partial charge in [0, 0.05) is 41.1 Å². The summed E-state index contributed by atoms with van der Waals surface area (Å²) < 4.78 is 14.4. The number of benzene rings is 2. The fourth-order valence-electron chi connectivity index (χ4n) is 4.21. The zero-order valence-corrected chi connectivity index (χ0v) is 17.2. The number of para-hydroxylation sites is 1. The maximum atomic E-state index is 14.4. The van der Waals surface area contributed by atoms with Gasteiger partial charge < -0.3 is 16.0 Å². The van der Waals surface area contributed by atoms with Crippen LogP contribution in [-0.4, -0.2) is 24.5 Å². The highest BCUT2D eigenvalue weighted by Gasteiger charge is 2.25. The van der Waals surface area contributed by atoms with E-state index in [1.807, 2.05) is 47.4 Å². The smallest absolute Gasteiger partial charge is 0.251 e. The number of nitrogens with one attached hydrogen (secondary N) is 1. The molecule has 0 aromatic heterocycles. The molecule has 2 aromatic rings. The lowest BCUT2D eigenvalue weighted by Gasteiger charge is -2.31. The minimum Gasteiger partial charge on any atom is -0.349 e. The number of hydrogen-bond acceptors (Lipinski definition) is 4. The molecule has 1 aliphatic carbocycles. The Balaban J connectivity index is 1.64. The van der Waals surface area contributed by atoms with Crippen molar-refractivity contribution in [3.63, 3.8) is 0 Å². The van der Waals surface area contributed by atoms with Crippen molar-refractivity contribution in [1.82, 2.24) is 5.32 Å². The van der Waals surface area contributed by atoms with Crippen LogP contribution >= 0.6 is 0 Å². The van der Waals surface area contributed by atoms with Crippen molar-refractivity contribution >= 4 is 17.3 Å². The third-order valence-corrected chi connectivity index (χ3v) is 5.84. The number of anilines is 1. The Morgan fingerprint density at radius 3 is 2.71 bits per heavy atom. The lowest BCUT2D eigenvalue weighted by Crippen LogP contribution is -2.43. The van der Waals surface area contributed by atoms with Crippen LogP contribution in [0.25, 0.3) is 5.70 Å². The predicted molar refractivity (Wildman–Crippen MR) is 119 cm³/mol. The summed E-state index contributed by atoms with van der Waals surface area (Å²) in [5.74, 6) is -0.718. The topological polar surface area (TPSA) is 82.1 Å². The number of carbonyl (C=O) groups is 1. The average Bonchev–Trinajstić information content (AvgIpc) is 2.79. The third-order valence-electron chi connectivity index (χ3n) is 5.84. The third kappa shape index (κ3) is 4.68. The number of carbonyl (C=O) groups excluding carboxylic acids is 1. The lowest BCUT2D eigenvalue weighted by atomic mass is 9.91. The van der Waals surface area contributed by atoms with Crippen molar-refractivity contribution in [2.75, 3.05) is 11.4 Å². The summed E-state index contributed by atoms with van der Waals surface area (Å²) in [4.78, 5) is 15.0. The average molecular weight is 417 g/mol. The summed E-state index contributed by atoms with van der Waals surface area (Å²) in [6, 6.07) is 16.3. The van der Waals surface area contributed by atoms with Gasteiger partial charge in [0.2, 0.25) is 0 Å². The molecule has 2 aromatic carbocycles. The molecule has 5 nitrogen and oxygen atoms in total. The van der Waals surface area contributed by atoms with Gasteiger partial charge in [-0.25, -0.2) is 4.39 Å². The fourth-order valence-corrected chi connectivity index (χ4v) is 4.21. The van der Waals surface area contributed by atoms with Gasteiger partial charge >= 0.3 is 0 Å². The highest BCUT2D eigenvalue weighted by atomic mass is 19.1. The summed E-state index contributed by atoms with van der Waals surface area (Å²) in [7, 11) is 0. The van der Waals surface area contributed by atoms with Crippen LogP contribution in [0.4, 0.5) is 10.1 Å². The zero-order chi connectivity index (χ0) is 21.8. The highest BCUT2D eigenvalue weighted by Crippen LogP contribution is 2.31. The van der Waals surface area contributed by atoms with Crippen LogP contribution in [-0.2, 0) is 4.79 Å². The molecule has 6 heteroatoms. The molecule has 3 N–H and O–H groups in total. The predicted octanol–water partition coefficient (Wildman–Crippen LogP) is 3.87. The molecule has 2 aliphatic rings. The molecular weight excluding hydrogens is 391 g/mol. The first-order valence-corrected chi connectivity index (χ1v) is 10.6. The van der Waals surface area contributed by atoms with E-state index in [1.54, 1.807) is 12.1 Å². The molecule has 2 atom stereocenters. The van der Waals surface area contributed by atoms with Crippen molar-refractivity contribution in [3.05, 3.63) is 83.2 Å². The van der Waals surface area contributed by atoms with Gasteiger partial charge in [0.25, 0.3) is 5.91 Å². The Morgan fingerprint density at radius 2 is 2.00 bits per heavy atom. The molecule has 0 saturated heterocycles. The molecule has 1 saturated carbocycles. The quantitative estimate of drug-likeness (QED) is 0.793. The Morgan fingerprint density at radius 1 is 1.19 bits per heavy atom. The van der Waals surface area contributed by atoms with Gasteiger partial charge in [-0.05, 0) is 56.0 Å². The molecule has 158 valence electrons. The fraction of sp³-hybridized carbons (Fsp3) is 0.280. The van der Waals surface area contributed by atoms with Crippen LogP contribution in [0.1, 0.15) is 36.8 Å². The van der Waals surface area contributed by atoms with E-state index >= 15 is 0 Å². The summed E-state index contributed by atoms with van der Waals surface area (Å²) >= 11 is 0. The highest BCUT2D eigenvalue weighted by molar-refractivity contribution is 6.00. The van der Waals surface area contributed by atoms with E-state index in [4.69, 9.17) is 11.0 Å². The van der Waals surface area contributed by atoms with Gasteiger partial charge in [-0.2, -0.15) is 5.26 Å². The number of rotatable bonds is 4. The molecule has 2 unspecified atom stereocenters. The van der Waals surface area contributed by atoms with Crippen LogP contribution in [0.2, 0.25) is 0 Å². The maximum Gasteiger partial charge on any atom is 0.251 e. The van der Waals surface area contributed by atoms with Crippen molar-refractivity contribution < 1.29 is 9.18 Å². The second-order valence-electron chi connectivity index (χ2n) is 8.04. The Kier molecular flexibility index (Phi) is 6.15. The molecule has 0 bridgehead atoms. The van der Waals surface area contributed by atoms with Crippen LogP contribution in [0, 0.1) is 17.1 Å². The van der Waals surface area contributed by atoms with E-state index in [1.165, 1.54) is 12.1 Å². The SMILES string of the molecule is N#Cc1ccc(C2=CC(C(=O)NC3CCCC(N)C3)=CCN2c2ccccc2)cc1F. The number of nitrogens with two attached hydrogens (primary N) is 1. The normalized spacial score (nSPS) is 21.0. The summed E-state index contributed by atoms with van der Waals surface area (Å²) in [5.41, 5.74) is 8.85. The number of hydrogen-bond donors (Lipinski definition) is 2. The van der Waals surface area contributed by atoms with Crippen molar-refractivity contribution in [2.45, 2.75) is 37.8 Å². The molecule has 4 rings (SSSR count). The molecule has 1 heterocycles. The van der Waals surface area contributed by atoms with Crippen LogP contribution in [0.15, 0.2) is 66.3 Å². The molecule has 1 aliphatic heterocycles. The Hall–Kier alpha value is -3.43. The second kappa shape index (κ2) is 9.15. The minimum atomic E-state index is -0.578. The van der Waals surface area contributed by atoms with E-state index in [0.717, 1.165) is 31.4 Å². The van der Waals surface area contributed by atoms with Gasteiger partial charge in [0.05, 0.1) is 5.56 Å². The number of halogens is 1. The standard InChI is InChI=1S/C25H25FN4O/c26-23-13-17(9-10-19(23)16-27)24-14-18(11-12-30(24)22-7-2-1-3-8-22)25(31)29-21-6-4-5-20(28)15-21/h1-3,7-11,13-14,20-21H,4-6,12,15,28H2,(H,29,31). The van der Waals surface area contributed by atoms with E-state index in [2.05, 4.69) is 5.32 Å². The molecule has 31 heavy (non-hydrogen) atoms. The molecule has 1 fully saturated rings. The first-order valence-electron chi connectivity index (χ1n) is 10.6. The van der Waals surface area contributed by atoms with Crippen molar-refractivity contribution in [2.24, 2.45) is 5.73 Å². The Labute approximate surface area is 181 Å². The maximum absolute atomic E-state index is 14.4. The van der Waals surface area contributed by atoms with E-state index < -0.39 is 5.82 Å². The van der Waals surface area contributed by atoms with Crippen molar-refractivity contribution in [3.8, 4) is 6.07 Å². The molecule has 0 spiro atoms. The van der Waals surface area contributed by atoms with Crippen molar-refractivity contribution in [1.29, 1.82) is 5.26 Å². The first-order chi connectivity index (χ1) is 15.0. The van der Waals surface area contributed by atoms with E-state index in [9.17, 15) is 9.18 Å². The number of amides is 1. The van der Waals surface area contributed by atoms with Crippen LogP contribution in [0.5, 0.6) is 0 Å². The van der Waals surface area contributed by atoms with Gasteiger partial charge in [-0.15, -0.1) is 0 Å². The summed E-state index contributed by atoms with van der Waals surface area (Å²) in [5, 5.41) is 12.2. The molecule has 0 radical (unpaired) electrons. The van der Waals surface area contributed by atoms with Gasteiger partial charge in [0.15, 0.2) is 0 Å². The Bertz CT molecular complexity index is 1070. The van der Waals surface area contributed by atoms with Gasteiger partial charge in [0.1, 0.15) is 11.9 Å². The number of nitrogens with zero attached hydrogens (tertiary/aromatic N) is 2. The molecule has 1 amide bonds. The van der Waals surface area contributed by atoms with Crippen LogP contribution < -0.4 is 16.0 Å². The monoisotopic (exact) mass is 416 g/mol. The molecular formula is C25H25FN4O. The first kappa shape index (κ1) is 20.8. The zero-order valence-electron chi connectivity index (χ0n) is 17.2. The van der Waals surface area contributed by atoms with E-state index in [-0.39, 0.29) is 23.6 Å². The summed E-state index contributed by atoms with van der Waals surface area (Å²) in [6.45, 7) is 0.477. The summed E-state index contributed by atoms with van der Waals surface area (Å²) in [6.07, 6.45) is 7.39. The van der Waals surface area contributed by atoms with Gasteiger partial charge in [-0.3, -0.25) is 4.79 Å². The minimum absolute atomic E-state index is 0.00596. The van der Waals surface area contributed by atoms with E-state index in [0.29, 0.717) is 23.4 Å². The lowest BCUT2D eigenvalue weighted by molar-refractivity contribution is -0.118. The number of nitriles is 1. The largest absolute Gasteiger partial charge is 0.349 e. The van der Waals surface area contributed by atoms with Crippen LogP contribution in [0.3, 0.4) is 0 Å². The van der Waals surface area contributed by atoms with Gasteiger partial charge in [-0.1, -0.05) is 30.3 Å².